The molecule has 0 saturated carbocycles. The molecule has 0 amide bonds. The van der Waals surface area contributed by atoms with E-state index in [9.17, 15) is 27.3 Å². The van der Waals surface area contributed by atoms with Gasteiger partial charge in [0.1, 0.15) is 6.04 Å². The molecule has 0 fully saturated rings. The minimum Gasteiger partial charge on any atom is -0.480 e. The number of aliphatic carboxylic acids is 1. The maximum absolute atomic E-state index is 13.3. The summed E-state index contributed by atoms with van der Waals surface area (Å²) in [6, 6.07) is 6.22. The first-order valence-corrected chi connectivity index (χ1v) is 9.31. The van der Waals surface area contributed by atoms with Gasteiger partial charge in [0.25, 0.3) is 0 Å². The van der Waals surface area contributed by atoms with Crippen LogP contribution in [0.5, 0.6) is 0 Å². The van der Waals surface area contributed by atoms with Gasteiger partial charge in [-0.25, -0.2) is 4.21 Å². The highest BCUT2D eigenvalue weighted by atomic mass is 32.2. The number of alkyl halides is 3. The summed E-state index contributed by atoms with van der Waals surface area (Å²) in [5, 5.41) is 18.7. The van der Waals surface area contributed by atoms with Gasteiger partial charge >= 0.3 is 12.1 Å². The van der Waals surface area contributed by atoms with E-state index in [1.165, 1.54) is 24.3 Å². The lowest BCUT2D eigenvalue weighted by atomic mass is 9.91. The van der Waals surface area contributed by atoms with E-state index in [1.807, 2.05) is 0 Å². The van der Waals surface area contributed by atoms with Gasteiger partial charge in [0.2, 0.25) is 0 Å². The van der Waals surface area contributed by atoms with Crippen LogP contribution in [-0.2, 0) is 20.9 Å². The van der Waals surface area contributed by atoms with Crippen LogP contribution >= 0.6 is 0 Å². The number of hydrogen-bond acceptors (Lipinski definition) is 5. The number of benzene rings is 1. The molecule has 1 aromatic carbocycles. The number of rotatable bonds is 9. The molecular formula is C15H21F3N2O4S. The second-order valence-corrected chi connectivity index (χ2v) is 8.34. The van der Waals surface area contributed by atoms with Crippen LogP contribution in [-0.4, -0.2) is 49.7 Å². The lowest BCUT2D eigenvalue weighted by molar-refractivity contribution is -0.260. The molecule has 0 heterocycles. The van der Waals surface area contributed by atoms with Gasteiger partial charge in [-0.1, -0.05) is 30.3 Å². The smallest absolute Gasteiger partial charge is 0.417 e. The first-order chi connectivity index (χ1) is 11.4. The monoisotopic (exact) mass is 382 g/mol. The molecule has 0 radical (unpaired) electrons. The Bertz CT molecular complexity index is 680. The molecule has 0 aliphatic carbocycles. The summed E-state index contributed by atoms with van der Waals surface area (Å²) in [4.78, 5) is 10.6. The molecule has 0 aromatic heterocycles. The highest BCUT2D eigenvalue weighted by Crippen LogP contribution is 2.36. The van der Waals surface area contributed by atoms with Crippen molar-refractivity contribution in [1.29, 1.82) is 4.78 Å². The van der Waals surface area contributed by atoms with E-state index < -0.39 is 57.9 Å². The lowest BCUT2D eigenvalue weighted by Crippen LogP contribution is -2.48. The standard InChI is InChI=1S/C15H21F3N2O4S/c16-15(17,18)14(23,10-11-4-2-1-3-5-11)7-9-25(20,24)8-6-12(19)13(21)22/h1-5,12,20,23H,6-10,19H2,(H,21,22)/t12-,14?,25?/m0/s1. The Kier molecular flexibility index (Phi) is 6.98. The summed E-state index contributed by atoms with van der Waals surface area (Å²) in [5.41, 5.74) is 2.38. The molecule has 5 N–H and O–H groups in total. The van der Waals surface area contributed by atoms with Crippen molar-refractivity contribution in [3.63, 3.8) is 0 Å². The minimum absolute atomic E-state index is 0.256. The van der Waals surface area contributed by atoms with Crippen molar-refractivity contribution in [2.45, 2.75) is 37.1 Å². The zero-order valence-corrected chi connectivity index (χ0v) is 14.1. The predicted octanol–water partition coefficient (Wildman–Crippen LogP) is 1.76. The van der Waals surface area contributed by atoms with Gasteiger partial charge in [-0.15, -0.1) is 0 Å². The van der Waals surface area contributed by atoms with Gasteiger partial charge < -0.3 is 15.9 Å². The highest BCUT2D eigenvalue weighted by Gasteiger charge is 2.53. The van der Waals surface area contributed by atoms with Crippen LogP contribution < -0.4 is 5.73 Å². The van der Waals surface area contributed by atoms with E-state index in [4.69, 9.17) is 15.6 Å². The third-order valence-electron chi connectivity index (χ3n) is 3.79. The van der Waals surface area contributed by atoms with Crippen LogP contribution in [0.1, 0.15) is 18.4 Å². The Morgan fingerprint density at radius 1 is 1.24 bits per heavy atom. The number of carboxylic acid groups (broad SMARTS) is 1. The fourth-order valence-electron chi connectivity index (χ4n) is 2.14. The number of nitrogens with one attached hydrogen (secondary N) is 1. The third kappa shape index (κ3) is 6.63. The Morgan fingerprint density at radius 3 is 2.28 bits per heavy atom. The van der Waals surface area contributed by atoms with Crippen molar-refractivity contribution in [3.05, 3.63) is 35.9 Å². The Labute approximate surface area is 143 Å². The minimum atomic E-state index is -4.96. The van der Waals surface area contributed by atoms with Gasteiger partial charge in [-0.3, -0.25) is 9.57 Å². The number of halogens is 3. The van der Waals surface area contributed by atoms with Crippen molar-refractivity contribution < 1.29 is 32.4 Å². The Balaban J connectivity index is 2.81. The molecule has 3 atom stereocenters. The normalized spacial score (nSPS) is 18.1. The van der Waals surface area contributed by atoms with Crippen molar-refractivity contribution in [3.8, 4) is 0 Å². The van der Waals surface area contributed by atoms with Crippen molar-refractivity contribution in [2.24, 2.45) is 5.73 Å². The average Bonchev–Trinajstić information content (AvgIpc) is 2.51. The number of carbonyl (C=O) groups is 1. The van der Waals surface area contributed by atoms with Crippen LogP contribution in [0.2, 0.25) is 0 Å². The van der Waals surface area contributed by atoms with E-state index in [-0.39, 0.29) is 12.0 Å². The molecule has 1 aromatic rings. The quantitative estimate of drug-likeness (QED) is 0.518. The molecular weight excluding hydrogens is 361 g/mol. The first kappa shape index (κ1) is 21.4. The lowest BCUT2D eigenvalue weighted by Gasteiger charge is -2.31. The molecule has 0 bridgehead atoms. The van der Waals surface area contributed by atoms with Gasteiger partial charge in [0.15, 0.2) is 5.60 Å². The maximum atomic E-state index is 13.3. The molecule has 25 heavy (non-hydrogen) atoms. The van der Waals surface area contributed by atoms with E-state index in [0.29, 0.717) is 0 Å². The van der Waals surface area contributed by atoms with Crippen LogP contribution in [0.3, 0.4) is 0 Å². The van der Waals surface area contributed by atoms with Gasteiger partial charge in [-0.2, -0.15) is 13.2 Å². The second kappa shape index (κ2) is 8.15. The van der Waals surface area contributed by atoms with Crippen molar-refractivity contribution in [2.75, 3.05) is 11.5 Å². The molecule has 142 valence electrons. The zero-order valence-electron chi connectivity index (χ0n) is 13.3. The van der Waals surface area contributed by atoms with Crippen LogP contribution in [0.4, 0.5) is 13.2 Å². The fraction of sp³-hybridized carbons (Fsp3) is 0.533. The summed E-state index contributed by atoms with van der Waals surface area (Å²) >= 11 is 0. The Hall–Kier alpha value is -1.65. The number of aliphatic hydroxyl groups is 1. The zero-order chi connectivity index (χ0) is 19.3. The number of nitrogens with two attached hydrogens (primary N) is 1. The van der Waals surface area contributed by atoms with E-state index in [2.05, 4.69) is 0 Å². The number of hydrogen-bond donors (Lipinski definition) is 4. The molecule has 0 aliphatic rings. The SMILES string of the molecule is N=S(=O)(CC[C@H](N)C(=O)O)CCC(O)(Cc1ccccc1)C(F)(F)F. The van der Waals surface area contributed by atoms with Crippen LogP contribution in [0.25, 0.3) is 0 Å². The topological polar surface area (TPSA) is 124 Å². The maximum Gasteiger partial charge on any atom is 0.417 e. The van der Waals surface area contributed by atoms with E-state index in [1.54, 1.807) is 6.07 Å². The summed E-state index contributed by atoms with van der Waals surface area (Å²) in [6.07, 6.45) is -6.89. The van der Waals surface area contributed by atoms with Gasteiger partial charge in [-0.05, 0) is 18.4 Å². The molecule has 2 unspecified atom stereocenters. The molecule has 0 spiro atoms. The molecule has 6 nitrogen and oxygen atoms in total. The summed E-state index contributed by atoms with van der Waals surface area (Å²) in [5.74, 6) is -2.49. The van der Waals surface area contributed by atoms with Crippen molar-refractivity contribution in [1.82, 2.24) is 0 Å². The molecule has 10 heteroatoms. The molecule has 0 aliphatic heterocycles. The number of carboxylic acids is 1. The fourth-order valence-corrected chi connectivity index (χ4v) is 3.65. The Morgan fingerprint density at radius 2 is 1.80 bits per heavy atom. The van der Waals surface area contributed by atoms with Crippen LogP contribution in [0, 0.1) is 4.78 Å². The highest BCUT2D eigenvalue weighted by molar-refractivity contribution is 7.92. The van der Waals surface area contributed by atoms with Gasteiger partial charge in [0, 0.05) is 27.7 Å². The summed E-state index contributed by atoms with van der Waals surface area (Å²) < 4.78 is 59.6. The van der Waals surface area contributed by atoms with Crippen LogP contribution in [0.15, 0.2) is 30.3 Å². The second-order valence-electron chi connectivity index (χ2n) is 5.90. The first-order valence-electron chi connectivity index (χ1n) is 7.42. The summed E-state index contributed by atoms with van der Waals surface area (Å²) in [6.45, 7) is 0. The third-order valence-corrected chi connectivity index (χ3v) is 5.55. The largest absolute Gasteiger partial charge is 0.480 e. The summed E-state index contributed by atoms with van der Waals surface area (Å²) in [7, 11) is -3.50. The van der Waals surface area contributed by atoms with E-state index >= 15 is 0 Å². The van der Waals surface area contributed by atoms with Gasteiger partial charge in [0.05, 0.1) is 0 Å². The van der Waals surface area contributed by atoms with E-state index in [0.717, 1.165) is 0 Å². The molecule has 1 rings (SSSR count). The van der Waals surface area contributed by atoms with Crippen molar-refractivity contribution >= 4 is 15.7 Å². The predicted molar refractivity (Wildman–Crippen MR) is 86.6 cm³/mol. The average molecular weight is 382 g/mol. The molecule has 0 saturated heterocycles.